The van der Waals surface area contributed by atoms with Crippen molar-refractivity contribution in [3.8, 4) is 6.07 Å². The predicted molar refractivity (Wildman–Crippen MR) is 92.5 cm³/mol. The van der Waals surface area contributed by atoms with Crippen LogP contribution in [0.3, 0.4) is 0 Å². The first-order valence-corrected chi connectivity index (χ1v) is 8.69. The van der Waals surface area contributed by atoms with Gasteiger partial charge in [-0.15, -0.1) is 0 Å². The lowest BCUT2D eigenvalue weighted by atomic mass is 10.1. The van der Waals surface area contributed by atoms with E-state index in [9.17, 15) is 5.11 Å². The second-order valence-corrected chi connectivity index (χ2v) is 6.63. The van der Waals surface area contributed by atoms with Crippen molar-refractivity contribution in [1.29, 1.82) is 5.26 Å². The highest BCUT2D eigenvalue weighted by atomic mass is 16.5. The number of hydrogen-bond acceptors (Lipinski definition) is 5. The normalized spacial score (nSPS) is 17.2. The molecule has 0 aromatic heterocycles. The number of nitrogens with zero attached hydrogens (tertiary/aromatic N) is 2. The van der Waals surface area contributed by atoms with Crippen LogP contribution in [0.15, 0.2) is 24.3 Å². The topological polar surface area (TPSA) is 65.7 Å². The van der Waals surface area contributed by atoms with Crippen LogP contribution < -0.4 is 0 Å². The molecule has 0 radical (unpaired) electrons. The average Bonchev–Trinajstić information content (AvgIpc) is 2.61. The van der Waals surface area contributed by atoms with Crippen molar-refractivity contribution in [3.63, 3.8) is 0 Å². The van der Waals surface area contributed by atoms with Gasteiger partial charge in [0.2, 0.25) is 0 Å². The second kappa shape index (κ2) is 9.75. The summed E-state index contributed by atoms with van der Waals surface area (Å²) in [6.07, 6.45) is 1.52. The van der Waals surface area contributed by atoms with Crippen LogP contribution in [-0.2, 0) is 16.0 Å². The third kappa shape index (κ3) is 6.21. The molecule has 0 spiro atoms. The van der Waals surface area contributed by atoms with Gasteiger partial charge in [0, 0.05) is 32.3 Å². The monoisotopic (exact) mass is 332 g/mol. The molecule has 5 heteroatoms. The van der Waals surface area contributed by atoms with Crippen molar-refractivity contribution >= 4 is 0 Å². The zero-order valence-electron chi connectivity index (χ0n) is 14.6. The van der Waals surface area contributed by atoms with Gasteiger partial charge >= 0.3 is 0 Å². The third-order valence-electron chi connectivity index (χ3n) is 4.34. The maximum atomic E-state index is 10.3. The number of benzene rings is 1. The van der Waals surface area contributed by atoms with Gasteiger partial charge in [-0.2, -0.15) is 5.26 Å². The quantitative estimate of drug-likeness (QED) is 0.791. The van der Waals surface area contributed by atoms with Crippen molar-refractivity contribution in [2.45, 2.75) is 51.5 Å². The summed E-state index contributed by atoms with van der Waals surface area (Å²) >= 11 is 0. The molecule has 5 nitrogen and oxygen atoms in total. The van der Waals surface area contributed by atoms with Crippen LogP contribution >= 0.6 is 0 Å². The lowest BCUT2D eigenvalue weighted by molar-refractivity contribution is -0.0659. The SMILES string of the molecule is CC(C)N(Cc1ccc(C#N)cc1)CC(O)COC1CCOCC1. The van der Waals surface area contributed by atoms with Gasteiger partial charge in [0.15, 0.2) is 0 Å². The molecule has 0 saturated carbocycles. The summed E-state index contributed by atoms with van der Waals surface area (Å²) in [4.78, 5) is 2.22. The van der Waals surface area contributed by atoms with E-state index in [2.05, 4.69) is 24.8 Å². The van der Waals surface area contributed by atoms with Gasteiger partial charge in [0.05, 0.1) is 30.4 Å². The van der Waals surface area contributed by atoms with E-state index in [4.69, 9.17) is 14.7 Å². The van der Waals surface area contributed by atoms with Crippen LogP contribution in [0.2, 0.25) is 0 Å². The second-order valence-electron chi connectivity index (χ2n) is 6.63. The van der Waals surface area contributed by atoms with E-state index in [0.717, 1.165) is 38.2 Å². The Balaban J connectivity index is 1.81. The highest BCUT2D eigenvalue weighted by Gasteiger charge is 2.19. The minimum atomic E-state index is -0.506. The van der Waals surface area contributed by atoms with Crippen LogP contribution in [0.4, 0.5) is 0 Å². The highest BCUT2D eigenvalue weighted by Crippen LogP contribution is 2.13. The van der Waals surface area contributed by atoms with Crippen molar-refractivity contribution in [2.24, 2.45) is 0 Å². The van der Waals surface area contributed by atoms with Crippen LogP contribution in [0.1, 0.15) is 37.8 Å². The lowest BCUT2D eigenvalue weighted by Gasteiger charge is -2.30. The maximum Gasteiger partial charge on any atom is 0.0991 e. The Morgan fingerprint density at radius 3 is 2.54 bits per heavy atom. The molecule has 1 aliphatic heterocycles. The third-order valence-corrected chi connectivity index (χ3v) is 4.34. The van der Waals surface area contributed by atoms with Gasteiger partial charge in [-0.1, -0.05) is 12.1 Å². The summed E-state index contributed by atoms with van der Waals surface area (Å²) in [5.74, 6) is 0. The van der Waals surface area contributed by atoms with E-state index in [-0.39, 0.29) is 6.10 Å². The Morgan fingerprint density at radius 2 is 1.96 bits per heavy atom. The van der Waals surface area contributed by atoms with Gasteiger partial charge < -0.3 is 14.6 Å². The summed E-state index contributed by atoms with van der Waals surface area (Å²) in [5.41, 5.74) is 1.81. The van der Waals surface area contributed by atoms with Crippen molar-refractivity contribution in [3.05, 3.63) is 35.4 Å². The molecular weight excluding hydrogens is 304 g/mol. The molecule has 1 unspecified atom stereocenters. The largest absolute Gasteiger partial charge is 0.389 e. The van der Waals surface area contributed by atoms with E-state index >= 15 is 0 Å². The fourth-order valence-corrected chi connectivity index (χ4v) is 2.79. The molecular formula is C19H28N2O3. The highest BCUT2D eigenvalue weighted by molar-refractivity contribution is 5.31. The maximum absolute atomic E-state index is 10.3. The smallest absolute Gasteiger partial charge is 0.0991 e. The van der Waals surface area contributed by atoms with Crippen LogP contribution in [0, 0.1) is 11.3 Å². The summed E-state index contributed by atoms with van der Waals surface area (Å²) < 4.78 is 11.1. The molecule has 1 aromatic rings. The molecule has 1 aromatic carbocycles. The molecule has 1 aliphatic rings. The molecule has 1 N–H and O–H groups in total. The fraction of sp³-hybridized carbons (Fsp3) is 0.632. The lowest BCUT2D eigenvalue weighted by Crippen LogP contribution is -2.39. The van der Waals surface area contributed by atoms with E-state index in [1.165, 1.54) is 0 Å². The summed E-state index contributed by atoms with van der Waals surface area (Å²) in [7, 11) is 0. The zero-order chi connectivity index (χ0) is 17.4. The number of ether oxygens (including phenoxy) is 2. The summed E-state index contributed by atoms with van der Waals surface area (Å²) in [5, 5.41) is 19.2. The van der Waals surface area contributed by atoms with Crippen LogP contribution in [0.25, 0.3) is 0 Å². The van der Waals surface area contributed by atoms with E-state index in [1.54, 1.807) is 0 Å². The molecule has 1 atom stereocenters. The number of hydrogen-bond donors (Lipinski definition) is 1. The van der Waals surface area contributed by atoms with Crippen LogP contribution in [-0.4, -0.2) is 54.6 Å². The standard InChI is InChI=1S/C19H28N2O3/c1-15(2)21(12-17-5-3-16(11-20)4-6-17)13-18(22)14-24-19-7-9-23-10-8-19/h3-6,15,18-19,22H,7-10,12-14H2,1-2H3. The molecule has 132 valence electrons. The van der Waals surface area contributed by atoms with Gasteiger partial charge in [0.25, 0.3) is 0 Å². The van der Waals surface area contributed by atoms with E-state index in [1.807, 2.05) is 24.3 Å². The molecule has 1 heterocycles. The number of aliphatic hydroxyl groups excluding tert-OH is 1. The number of rotatable bonds is 8. The summed E-state index contributed by atoms with van der Waals surface area (Å²) in [6.45, 7) is 7.42. The van der Waals surface area contributed by atoms with Crippen LogP contribution in [0.5, 0.6) is 0 Å². The van der Waals surface area contributed by atoms with Gasteiger partial charge in [-0.25, -0.2) is 0 Å². The molecule has 2 rings (SSSR count). The Labute approximate surface area is 144 Å². The van der Waals surface area contributed by atoms with Crippen molar-refractivity contribution < 1.29 is 14.6 Å². The number of nitriles is 1. The Bertz CT molecular complexity index is 518. The van der Waals surface area contributed by atoms with Gasteiger partial charge in [0.1, 0.15) is 0 Å². The van der Waals surface area contributed by atoms with Gasteiger partial charge in [-0.05, 0) is 44.4 Å². The predicted octanol–water partition coefficient (Wildman–Crippen LogP) is 2.33. The first kappa shape index (κ1) is 18.9. The number of aliphatic hydroxyl groups is 1. The average molecular weight is 332 g/mol. The molecule has 1 saturated heterocycles. The Morgan fingerprint density at radius 1 is 1.29 bits per heavy atom. The van der Waals surface area contributed by atoms with E-state index < -0.39 is 6.10 Å². The van der Waals surface area contributed by atoms with Gasteiger partial charge in [-0.3, -0.25) is 4.90 Å². The minimum absolute atomic E-state index is 0.208. The van der Waals surface area contributed by atoms with E-state index in [0.29, 0.717) is 24.8 Å². The van der Waals surface area contributed by atoms with Crippen molar-refractivity contribution in [1.82, 2.24) is 4.90 Å². The first-order valence-electron chi connectivity index (χ1n) is 8.69. The molecule has 0 amide bonds. The fourth-order valence-electron chi connectivity index (χ4n) is 2.79. The minimum Gasteiger partial charge on any atom is -0.389 e. The summed E-state index contributed by atoms with van der Waals surface area (Å²) in [6, 6.07) is 10.1. The molecule has 24 heavy (non-hydrogen) atoms. The van der Waals surface area contributed by atoms with Crippen molar-refractivity contribution in [2.75, 3.05) is 26.4 Å². The first-order chi connectivity index (χ1) is 11.6. The Hall–Kier alpha value is -1.45. The molecule has 0 aliphatic carbocycles. The Kier molecular flexibility index (Phi) is 7.67. The molecule has 0 bridgehead atoms. The zero-order valence-corrected chi connectivity index (χ0v) is 14.6. The molecule has 1 fully saturated rings.